The van der Waals surface area contributed by atoms with Crippen LogP contribution < -0.4 is 4.72 Å². The summed E-state index contributed by atoms with van der Waals surface area (Å²) < 4.78 is 26.7. The molecule has 0 aliphatic heterocycles. The largest absolute Gasteiger partial charge is 0.250 e. The molecule has 1 aromatic carbocycles. The fraction of sp³-hybridized carbons (Fsp3) is 0.167. The molecule has 2 aromatic rings. The van der Waals surface area contributed by atoms with Crippen LogP contribution in [0.1, 0.15) is 11.1 Å². The van der Waals surface area contributed by atoms with Crippen molar-refractivity contribution < 1.29 is 8.42 Å². The van der Waals surface area contributed by atoms with Crippen molar-refractivity contribution in [2.75, 3.05) is 0 Å². The fourth-order valence-corrected chi connectivity index (χ4v) is 3.73. The first-order chi connectivity index (χ1) is 8.49. The minimum absolute atomic E-state index is 0.243. The molecule has 0 aliphatic rings. The summed E-state index contributed by atoms with van der Waals surface area (Å²) in [5.41, 5.74) is 1.89. The summed E-state index contributed by atoms with van der Waals surface area (Å²) in [6.45, 7) is 2.16. The lowest BCUT2D eigenvalue weighted by Crippen LogP contribution is -2.22. The minimum Gasteiger partial charge on any atom is -0.206 e. The number of hydrogen-bond donors (Lipinski definition) is 1. The van der Waals surface area contributed by atoms with Gasteiger partial charge < -0.3 is 0 Å². The SMILES string of the molecule is Cc1ccc(Cl)cc1CNS(=O)(=O)c1cccs1. The van der Waals surface area contributed by atoms with Crippen LogP contribution >= 0.6 is 22.9 Å². The van der Waals surface area contributed by atoms with Crippen molar-refractivity contribution in [1.82, 2.24) is 4.72 Å². The molecule has 0 saturated carbocycles. The van der Waals surface area contributed by atoms with Crippen molar-refractivity contribution in [2.24, 2.45) is 0 Å². The van der Waals surface area contributed by atoms with Gasteiger partial charge in [-0.05, 0) is 41.6 Å². The van der Waals surface area contributed by atoms with E-state index in [4.69, 9.17) is 11.6 Å². The van der Waals surface area contributed by atoms with Gasteiger partial charge in [0.05, 0.1) is 0 Å². The molecule has 1 N–H and O–H groups in total. The highest BCUT2D eigenvalue weighted by molar-refractivity contribution is 7.91. The zero-order valence-corrected chi connectivity index (χ0v) is 12.1. The van der Waals surface area contributed by atoms with Crippen LogP contribution in [0.25, 0.3) is 0 Å². The third kappa shape index (κ3) is 3.11. The molecule has 0 spiro atoms. The Kier molecular flexibility index (Phi) is 4.07. The third-order valence-electron chi connectivity index (χ3n) is 2.52. The Morgan fingerprint density at radius 1 is 1.33 bits per heavy atom. The van der Waals surface area contributed by atoms with Gasteiger partial charge in [-0.2, -0.15) is 0 Å². The lowest BCUT2D eigenvalue weighted by atomic mass is 10.1. The Morgan fingerprint density at radius 2 is 2.11 bits per heavy atom. The minimum atomic E-state index is -3.42. The van der Waals surface area contributed by atoms with Crippen LogP contribution in [0.3, 0.4) is 0 Å². The third-order valence-corrected chi connectivity index (χ3v) is 5.56. The molecular formula is C12H12ClNO2S2. The summed E-state index contributed by atoms with van der Waals surface area (Å²) in [4.78, 5) is 0. The van der Waals surface area contributed by atoms with Gasteiger partial charge in [-0.3, -0.25) is 0 Å². The number of sulfonamides is 1. The average Bonchev–Trinajstić information content (AvgIpc) is 2.85. The van der Waals surface area contributed by atoms with Gasteiger partial charge in [0.2, 0.25) is 10.0 Å². The second-order valence-electron chi connectivity index (χ2n) is 3.83. The maximum atomic E-state index is 11.9. The van der Waals surface area contributed by atoms with Gasteiger partial charge >= 0.3 is 0 Å². The molecular weight excluding hydrogens is 290 g/mol. The molecule has 96 valence electrons. The summed E-state index contributed by atoms with van der Waals surface area (Å²) in [7, 11) is -3.42. The molecule has 0 unspecified atom stereocenters. The highest BCUT2D eigenvalue weighted by atomic mass is 35.5. The molecule has 0 aliphatic carbocycles. The molecule has 0 atom stereocenters. The number of benzene rings is 1. The number of rotatable bonds is 4. The Bertz CT molecular complexity index is 636. The highest BCUT2D eigenvalue weighted by Crippen LogP contribution is 2.18. The summed E-state index contributed by atoms with van der Waals surface area (Å²) in [5.74, 6) is 0. The average molecular weight is 302 g/mol. The van der Waals surface area contributed by atoms with Gasteiger partial charge in [-0.1, -0.05) is 23.7 Å². The first-order valence-corrected chi connectivity index (χ1v) is 8.01. The number of thiophene rings is 1. The van der Waals surface area contributed by atoms with Crippen molar-refractivity contribution >= 4 is 33.0 Å². The topological polar surface area (TPSA) is 46.2 Å². The molecule has 3 nitrogen and oxygen atoms in total. The van der Waals surface area contributed by atoms with Crippen LogP contribution in [-0.2, 0) is 16.6 Å². The van der Waals surface area contributed by atoms with Crippen LogP contribution in [0.15, 0.2) is 39.9 Å². The molecule has 0 amide bonds. The maximum absolute atomic E-state index is 11.9. The van der Waals surface area contributed by atoms with Gasteiger partial charge in [-0.15, -0.1) is 11.3 Å². The first-order valence-electron chi connectivity index (χ1n) is 5.27. The molecule has 1 heterocycles. The number of hydrogen-bond acceptors (Lipinski definition) is 3. The summed E-state index contributed by atoms with van der Waals surface area (Å²) in [6, 6.07) is 8.72. The van der Waals surface area contributed by atoms with Gasteiger partial charge in [0, 0.05) is 11.6 Å². The van der Waals surface area contributed by atoms with Gasteiger partial charge in [0.15, 0.2) is 0 Å². The molecule has 2 rings (SSSR count). The van der Waals surface area contributed by atoms with E-state index in [1.165, 1.54) is 11.3 Å². The van der Waals surface area contributed by atoms with Gasteiger partial charge in [0.25, 0.3) is 0 Å². The van der Waals surface area contributed by atoms with Crippen molar-refractivity contribution in [3.05, 3.63) is 51.9 Å². The van der Waals surface area contributed by atoms with Crippen LogP contribution in [-0.4, -0.2) is 8.42 Å². The zero-order chi connectivity index (χ0) is 13.2. The fourth-order valence-electron chi connectivity index (χ4n) is 1.49. The summed E-state index contributed by atoms with van der Waals surface area (Å²) in [5, 5.41) is 2.34. The van der Waals surface area contributed by atoms with E-state index in [1.54, 1.807) is 29.6 Å². The maximum Gasteiger partial charge on any atom is 0.250 e. The molecule has 0 fully saturated rings. The normalized spacial score (nSPS) is 11.7. The van der Waals surface area contributed by atoms with Gasteiger partial charge in [0.1, 0.15) is 4.21 Å². The lowest BCUT2D eigenvalue weighted by Gasteiger charge is -2.08. The Morgan fingerprint density at radius 3 is 2.78 bits per heavy atom. The van der Waals surface area contributed by atoms with E-state index >= 15 is 0 Å². The van der Waals surface area contributed by atoms with E-state index in [0.717, 1.165) is 11.1 Å². The summed E-state index contributed by atoms with van der Waals surface area (Å²) in [6.07, 6.45) is 0. The smallest absolute Gasteiger partial charge is 0.206 e. The Labute approximate surface area is 115 Å². The second-order valence-corrected chi connectivity index (χ2v) is 7.21. The lowest BCUT2D eigenvalue weighted by molar-refractivity contribution is 0.583. The first kappa shape index (κ1) is 13.5. The molecule has 6 heteroatoms. The zero-order valence-electron chi connectivity index (χ0n) is 9.68. The molecule has 0 bridgehead atoms. The van der Waals surface area contributed by atoms with Crippen molar-refractivity contribution in [3.8, 4) is 0 Å². The van der Waals surface area contributed by atoms with Crippen LogP contribution in [0.4, 0.5) is 0 Å². The van der Waals surface area contributed by atoms with E-state index < -0.39 is 10.0 Å². The molecule has 18 heavy (non-hydrogen) atoms. The van der Waals surface area contributed by atoms with E-state index in [1.807, 2.05) is 13.0 Å². The standard InChI is InChI=1S/C12H12ClNO2S2/c1-9-4-5-11(13)7-10(9)8-14-18(15,16)12-3-2-6-17-12/h2-7,14H,8H2,1H3. The van der Waals surface area contributed by atoms with Crippen LogP contribution in [0, 0.1) is 6.92 Å². The number of aryl methyl sites for hydroxylation is 1. The molecule has 0 radical (unpaired) electrons. The molecule has 1 aromatic heterocycles. The highest BCUT2D eigenvalue weighted by Gasteiger charge is 2.14. The van der Waals surface area contributed by atoms with Crippen LogP contribution in [0.2, 0.25) is 5.02 Å². The predicted molar refractivity (Wildman–Crippen MR) is 74.5 cm³/mol. The van der Waals surface area contributed by atoms with Crippen LogP contribution in [0.5, 0.6) is 0 Å². The van der Waals surface area contributed by atoms with E-state index in [-0.39, 0.29) is 6.54 Å². The number of halogens is 1. The Hall–Kier alpha value is -0.880. The second kappa shape index (κ2) is 5.40. The number of nitrogens with one attached hydrogen (secondary N) is 1. The molecule has 0 saturated heterocycles. The quantitative estimate of drug-likeness (QED) is 0.942. The van der Waals surface area contributed by atoms with Gasteiger partial charge in [-0.25, -0.2) is 13.1 Å². The predicted octanol–water partition coefficient (Wildman–Crippen LogP) is 3.19. The van der Waals surface area contributed by atoms with Crippen molar-refractivity contribution in [2.45, 2.75) is 17.7 Å². The van der Waals surface area contributed by atoms with E-state index in [2.05, 4.69) is 4.72 Å². The Balaban J connectivity index is 2.15. The monoisotopic (exact) mass is 301 g/mol. The van der Waals surface area contributed by atoms with Crippen molar-refractivity contribution in [1.29, 1.82) is 0 Å². The summed E-state index contributed by atoms with van der Waals surface area (Å²) >= 11 is 7.09. The van der Waals surface area contributed by atoms with Crippen molar-refractivity contribution in [3.63, 3.8) is 0 Å². The van der Waals surface area contributed by atoms with E-state index in [9.17, 15) is 8.42 Å². The van der Waals surface area contributed by atoms with E-state index in [0.29, 0.717) is 9.23 Å².